The van der Waals surface area contributed by atoms with Crippen molar-refractivity contribution in [2.24, 2.45) is 0 Å². The van der Waals surface area contributed by atoms with Gasteiger partial charge in [-0.2, -0.15) is 0 Å². The van der Waals surface area contributed by atoms with Crippen LogP contribution in [0.3, 0.4) is 0 Å². The van der Waals surface area contributed by atoms with Crippen LogP contribution in [0.15, 0.2) is 64.0 Å². The zero-order valence-electron chi connectivity index (χ0n) is 14.9. The minimum Gasteiger partial charge on any atom is -0.391 e. The first-order chi connectivity index (χ1) is 12.2. The third-order valence-corrected chi connectivity index (χ3v) is 6.45. The second-order valence-electron chi connectivity index (χ2n) is 6.75. The van der Waals surface area contributed by atoms with E-state index in [4.69, 9.17) is 0 Å². The van der Waals surface area contributed by atoms with Crippen molar-refractivity contribution in [2.45, 2.75) is 42.7 Å². The summed E-state index contributed by atoms with van der Waals surface area (Å²) in [5.74, 6) is 0.746. The van der Waals surface area contributed by atoms with E-state index in [1.807, 2.05) is 0 Å². The van der Waals surface area contributed by atoms with Gasteiger partial charge in [0.05, 0.1) is 6.10 Å². The lowest BCUT2D eigenvalue weighted by atomic mass is 9.95. The average Bonchev–Trinajstić information content (AvgIpc) is 2.64. The maximum atomic E-state index is 10.5. The summed E-state index contributed by atoms with van der Waals surface area (Å²) >= 11 is 5.19. The zero-order chi connectivity index (χ0) is 17.5. The largest absolute Gasteiger partial charge is 0.391 e. The van der Waals surface area contributed by atoms with Crippen LogP contribution in [0.5, 0.6) is 0 Å². The summed E-state index contributed by atoms with van der Waals surface area (Å²) in [7, 11) is 0. The number of likely N-dealkylation sites (tertiary alicyclic amines) is 1. The Labute approximate surface area is 175 Å². The van der Waals surface area contributed by atoms with Crippen LogP contribution >= 0.6 is 40.1 Å². The van der Waals surface area contributed by atoms with Gasteiger partial charge in [-0.3, -0.25) is 4.90 Å². The molecule has 2 aromatic carbocycles. The number of aliphatic hydroxyl groups is 1. The molecule has 1 fully saturated rings. The normalized spacial score (nSPS) is 18.9. The number of nitrogens with zero attached hydrogens (tertiary/aromatic N) is 1. The molecule has 1 heterocycles. The van der Waals surface area contributed by atoms with E-state index in [1.54, 1.807) is 11.8 Å². The molecule has 1 aliphatic rings. The van der Waals surface area contributed by atoms with E-state index >= 15 is 0 Å². The third-order valence-electron chi connectivity index (χ3n) is 4.76. The van der Waals surface area contributed by atoms with Crippen molar-refractivity contribution >= 4 is 40.1 Å². The maximum absolute atomic E-state index is 10.5. The van der Waals surface area contributed by atoms with Crippen molar-refractivity contribution in [3.8, 4) is 0 Å². The summed E-state index contributed by atoms with van der Waals surface area (Å²) in [6.07, 6.45) is 4.59. The van der Waals surface area contributed by atoms with E-state index in [0.717, 1.165) is 29.7 Å². The van der Waals surface area contributed by atoms with Crippen LogP contribution in [-0.4, -0.2) is 41.0 Å². The Balaban J connectivity index is 0.00000243. The molecule has 2 unspecified atom stereocenters. The van der Waals surface area contributed by atoms with Crippen molar-refractivity contribution < 1.29 is 5.11 Å². The molecule has 2 nitrogen and oxygen atoms in total. The number of benzene rings is 2. The molecule has 2 atom stereocenters. The molecule has 1 N–H and O–H groups in total. The van der Waals surface area contributed by atoms with E-state index < -0.39 is 0 Å². The van der Waals surface area contributed by atoms with Gasteiger partial charge in [0, 0.05) is 27.7 Å². The van der Waals surface area contributed by atoms with E-state index in [9.17, 15) is 5.11 Å². The third kappa shape index (κ3) is 6.90. The lowest BCUT2D eigenvalue weighted by molar-refractivity contribution is 0.0786. The highest BCUT2D eigenvalue weighted by Crippen LogP contribution is 2.24. The van der Waals surface area contributed by atoms with Crippen LogP contribution < -0.4 is 0 Å². The first kappa shape index (κ1) is 21.8. The number of β-amino-alcohol motifs (C(OH)–C–C–N with tert-alkyl or cyclic N) is 1. The fourth-order valence-electron chi connectivity index (χ4n) is 3.46. The molecular formula is C21H27BrClNOS. The molecule has 0 bridgehead atoms. The van der Waals surface area contributed by atoms with Crippen LogP contribution in [0.25, 0.3) is 0 Å². The highest BCUT2D eigenvalue weighted by Gasteiger charge is 2.24. The molecule has 0 radical (unpaired) electrons. The Kier molecular flexibility index (Phi) is 9.51. The Hall–Kier alpha value is -0.520. The monoisotopic (exact) mass is 455 g/mol. The van der Waals surface area contributed by atoms with Crippen molar-refractivity contribution in [3.63, 3.8) is 0 Å². The average molecular weight is 457 g/mol. The molecular weight excluding hydrogens is 430 g/mol. The SMILES string of the molecule is Cl.OC(CSc1ccc(Br)cc1)CN1CCCCC1Cc1ccccc1. The van der Waals surface area contributed by atoms with Crippen molar-refractivity contribution in [1.29, 1.82) is 0 Å². The van der Waals surface area contributed by atoms with Crippen LogP contribution in [0.1, 0.15) is 24.8 Å². The number of rotatable bonds is 7. The minimum absolute atomic E-state index is 0. The number of thioether (sulfide) groups is 1. The zero-order valence-corrected chi connectivity index (χ0v) is 18.1. The van der Waals surface area contributed by atoms with Crippen molar-refractivity contribution in [3.05, 3.63) is 64.6 Å². The van der Waals surface area contributed by atoms with Gasteiger partial charge in [0.25, 0.3) is 0 Å². The molecule has 0 aliphatic carbocycles. The standard InChI is InChI=1S/C21H26BrNOS.ClH/c22-18-9-11-21(12-10-18)25-16-20(24)15-23-13-5-4-8-19(23)14-17-6-2-1-3-7-17;/h1-3,6-7,9-12,19-20,24H,4-5,8,13-16H2;1H. The molecule has 2 aromatic rings. The van der Waals surface area contributed by atoms with E-state index in [1.165, 1.54) is 29.7 Å². The summed E-state index contributed by atoms with van der Waals surface area (Å²) in [5, 5.41) is 10.5. The summed E-state index contributed by atoms with van der Waals surface area (Å²) in [4.78, 5) is 3.71. The van der Waals surface area contributed by atoms with Gasteiger partial charge in [0.2, 0.25) is 0 Å². The Bertz CT molecular complexity index is 640. The number of piperidine rings is 1. The first-order valence-corrected chi connectivity index (χ1v) is 10.8. The van der Waals surface area contributed by atoms with Crippen molar-refractivity contribution in [1.82, 2.24) is 4.90 Å². The van der Waals surface area contributed by atoms with Gasteiger partial charge in [-0.15, -0.1) is 24.2 Å². The van der Waals surface area contributed by atoms with E-state index in [2.05, 4.69) is 75.4 Å². The lowest BCUT2D eigenvalue weighted by Gasteiger charge is -2.37. The lowest BCUT2D eigenvalue weighted by Crippen LogP contribution is -2.45. The molecule has 1 aliphatic heterocycles. The van der Waals surface area contributed by atoms with Gasteiger partial charge in [0.1, 0.15) is 0 Å². The first-order valence-electron chi connectivity index (χ1n) is 9.05. The summed E-state index contributed by atoms with van der Waals surface area (Å²) in [6, 6.07) is 19.6. The fourth-order valence-corrected chi connectivity index (χ4v) is 4.55. The molecule has 3 rings (SSSR count). The van der Waals surface area contributed by atoms with Crippen LogP contribution in [0.4, 0.5) is 0 Å². The predicted octanol–water partition coefficient (Wildman–Crippen LogP) is 5.42. The quantitative estimate of drug-likeness (QED) is 0.563. The van der Waals surface area contributed by atoms with E-state index in [-0.39, 0.29) is 18.5 Å². The van der Waals surface area contributed by atoms with Crippen LogP contribution in [0.2, 0.25) is 0 Å². The topological polar surface area (TPSA) is 23.5 Å². The second-order valence-corrected chi connectivity index (χ2v) is 8.76. The fraction of sp³-hybridized carbons (Fsp3) is 0.429. The number of aliphatic hydroxyl groups excluding tert-OH is 1. The molecule has 26 heavy (non-hydrogen) atoms. The smallest absolute Gasteiger partial charge is 0.0760 e. The summed E-state index contributed by atoms with van der Waals surface area (Å²) < 4.78 is 1.09. The molecule has 0 spiro atoms. The van der Waals surface area contributed by atoms with Gasteiger partial charge in [-0.25, -0.2) is 0 Å². The number of hydrogen-bond donors (Lipinski definition) is 1. The van der Waals surface area contributed by atoms with Crippen LogP contribution in [0, 0.1) is 0 Å². The maximum Gasteiger partial charge on any atom is 0.0760 e. The highest BCUT2D eigenvalue weighted by atomic mass is 79.9. The molecule has 0 saturated carbocycles. The molecule has 142 valence electrons. The van der Waals surface area contributed by atoms with Gasteiger partial charge in [0.15, 0.2) is 0 Å². The van der Waals surface area contributed by atoms with Crippen LogP contribution in [-0.2, 0) is 6.42 Å². The second kappa shape index (κ2) is 11.4. The van der Waals surface area contributed by atoms with Gasteiger partial charge in [-0.1, -0.05) is 52.7 Å². The Morgan fingerprint density at radius 3 is 2.54 bits per heavy atom. The van der Waals surface area contributed by atoms with Gasteiger partial charge in [-0.05, 0) is 55.6 Å². The number of halogens is 2. The summed E-state index contributed by atoms with van der Waals surface area (Å²) in [5.41, 5.74) is 1.40. The molecule has 0 aromatic heterocycles. The minimum atomic E-state index is -0.287. The van der Waals surface area contributed by atoms with E-state index in [0.29, 0.717) is 6.04 Å². The Morgan fingerprint density at radius 2 is 1.81 bits per heavy atom. The summed E-state index contributed by atoms with van der Waals surface area (Å²) in [6.45, 7) is 1.89. The molecule has 0 amide bonds. The number of hydrogen-bond acceptors (Lipinski definition) is 3. The van der Waals surface area contributed by atoms with Crippen molar-refractivity contribution in [2.75, 3.05) is 18.8 Å². The molecule has 5 heteroatoms. The Morgan fingerprint density at radius 1 is 1.08 bits per heavy atom. The van der Waals surface area contributed by atoms with Gasteiger partial charge < -0.3 is 5.11 Å². The van der Waals surface area contributed by atoms with Gasteiger partial charge >= 0.3 is 0 Å². The predicted molar refractivity (Wildman–Crippen MR) is 117 cm³/mol. The molecule has 1 saturated heterocycles. The highest BCUT2D eigenvalue weighted by molar-refractivity contribution is 9.10.